The first-order valence-corrected chi connectivity index (χ1v) is 3.69. The van der Waals surface area contributed by atoms with E-state index in [9.17, 15) is 0 Å². The van der Waals surface area contributed by atoms with Crippen molar-refractivity contribution in [3.63, 3.8) is 0 Å². The van der Waals surface area contributed by atoms with Crippen LogP contribution in [-0.4, -0.2) is 16.6 Å². The van der Waals surface area contributed by atoms with Crippen molar-refractivity contribution in [1.82, 2.24) is 0 Å². The molecular formula is C7H11ClO. The maximum Gasteiger partial charge on any atom is 0.0890 e. The lowest BCUT2D eigenvalue weighted by atomic mass is 10.1. The molecule has 0 bridgehead atoms. The average Bonchev–Trinajstić information content (AvgIpc) is 2.15. The van der Waals surface area contributed by atoms with E-state index in [1.165, 1.54) is 0 Å². The highest BCUT2D eigenvalue weighted by Crippen LogP contribution is 2.26. The number of aliphatic hydroxyl groups is 1. The Morgan fingerprint density at radius 3 is 2.44 bits per heavy atom. The average molecular weight is 147 g/mol. The van der Waals surface area contributed by atoms with Crippen LogP contribution in [0.25, 0.3) is 0 Å². The normalized spacial score (nSPS) is 41.9. The molecular weight excluding hydrogens is 136 g/mol. The Kier molecular flexibility index (Phi) is 2.14. The number of hydrogen-bond acceptors (Lipinski definition) is 1. The lowest BCUT2D eigenvalue weighted by Crippen LogP contribution is -2.19. The third kappa shape index (κ3) is 1.28. The fourth-order valence-corrected chi connectivity index (χ4v) is 1.43. The Morgan fingerprint density at radius 1 is 1.56 bits per heavy atom. The van der Waals surface area contributed by atoms with Gasteiger partial charge in [0.1, 0.15) is 0 Å². The molecule has 0 saturated heterocycles. The summed E-state index contributed by atoms with van der Waals surface area (Å²) in [6.07, 6.45) is 4.35. The second kappa shape index (κ2) is 2.72. The van der Waals surface area contributed by atoms with Gasteiger partial charge in [0.05, 0.1) is 11.5 Å². The highest BCUT2D eigenvalue weighted by molar-refractivity contribution is 6.21. The standard InChI is InChI=1S/C7H11ClO/c1-2-5-3-4-6(9)7(5)8/h3-7,9H,2H2,1H3. The van der Waals surface area contributed by atoms with Gasteiger partial charge in [-0.25, -0.2) is 0 Å². The zero-order chi connectivity index (χ0) is 6.85. The topological polar surface area (TPSA) is 20.2 Å². The summed E-state index contributed by atoms with van der Waals surface area (Å²) in [6, 6.07) is 0. The Bertz CT molecular complexity index is 122. The van der Waals surface area contributed by atoms with E-state index in [0.29, 0.717) is 5.92 Å². The fourth-order valence-electron chi connectivity index (χ4n) is 1.08. The van der Waals surface area contributed by atoms with Crippen molar-refractivity contribution in [2.24, 2.45) is 5.92 Å². The molecule has 0 fully saturated rings. The van der Waals surface area contributed by atoms with Gasteiger partial charge in [0.15, 0.2) is 0 Å². The number of aliphatic hydroxyl groups excluding tert-OH is 1. The van der Waals surface area contributed by atoms with Gasteiger partial charge in [-0.2, -0.15) is 0 Å². The predicted molar refractivity (Wildman–Crippen MR) is 38.6 cm³/mol. The van der Waals surface area contributed by atoms with Crippen LogP contribution in [0.15, 0.2) is 12.2 Å². The van der Waals surface area contributed by atoms with Crippen LogP contribution in [0.4, 0.5) is 0 Å². The molecule has 0 amide bonds. The SMILES string of the molecule is CCC1C=CC(O)C1Cl. The molecule has 0 radical (unpaired) electrons. The lowest BCUT2D eigenvalue weighted by molar-refractivity contribution is 0.213. The Hall–Kier alpha value is -0.0100. The van der Waals surface area contributed by atoms with Crippen molar-refractivity contribution in [3.8, 4) is 0 Å². The van der Waals surface area contributed by atoms with Gasteiger partial charge in [0.2, 0.25) is 0 Å². The number of allylic oxidation sites excluding steroid dienone is 1. The maximum atomic E-state index is 9.08. The summed E-state index contributed by atoms with van der Waals surface area (Å²) < 4.78 is 0. The van der Waals surface area contributed by atoms with Crippen LogP contribution in [0, 0.1) is 5.92 Å². The minimum Gasteiger partial charge on any atom is -0.387 e. The van der Waals surface area contributed by atoms with Crippen LogP contribution in [0.5, 0.6) is 0 Å². The molecule has 0 spiro atoms. The Labute approximate surface area is 60.3 Å². The van der Waals surface area contributed by atoms with Crippen molar-refractivity contribution in [2.45, 2.75) is 24.8 Å². The summed E-state index contributed by atoms with van der Waals surface area (Å²) >= 11 is 5.82. The number of rotatable bonds is 1. The largest absolute Gasteiger partial charge is 0.387 e. The molecule has 1 N–H and O–H groups in total. The number of halogens is 1. The van der Waals surface area contributed by atoms with E-state index in [1.807, 2.05) is 6.08 Å². The summed E-state index contributed by atoms with van der Waals surface area (Å²) in [5.74, 6) is 0.377. The first kappa shape index (κ1) is 7.10. The first-order chi connectivity index (χ1) is 4.25. The highest BCUT2D eigenvalue weighted by Gasteiger charge is 2.26. The van der Waals surface area contributed by atoms with Gasteiger partial charge in [0, 0.05) is 0 Å². The molecule has 2 heteroatoms. The van der Waals surface area contributed by atoms with E-state index in [1.54, 1.807) is 6.08 Å². The van der Waals surface area contributed by atoms with E-state index in [0.717, 1.165) is 6.42 Å². The van der Waals surface area contributed by atoms with Gasteiger partial charge in [-0.05, 0) is 12.3 Å². The second-order valence-corrected chi connectivity index (χ2v) is 2.90. The van der Waals surface area contributed by atoms with E-state index in [2.05, 4.69) is 6.92 Å². The smallest absolute Gasteiger partial charge is 0.0890 e. The van der Waals surface area contributed by atoms with Crippen LogP contribution in [-0.2, 0) is 0 Å². The molecule has 1 aliphatic rings. The van der Waals surface area contributed by atoms with Gasteiger partial charge in [-0.3, -0.25) is 0 Å². The predicted octanol–water partition coefficient (Wildman–Crippen LogP) is 1.55. The highest BCUT2D eigenvalue weighted by atomic mass is 35.5. The number of alkyl halides is 1. The maximum absolute atomic E-state index is 9.08. The Morgan fingerprint density at radius 2 is 2.22 bits per heavy atom. The van der Waals surface area contributed by atoms with Crippen LogP contribution in [0.3, 0.4) is 0 Å². The van der Waals surface area contributed by atoms with Crippen LogP contribution in [0.2, 0.25) is 0 Å². The van der Waals surface area contributed by atoms with E-state index in [-0.39, 0.29) is 5.38 Å². The van der Waals surface area contributed by atoms with Crippen LogP contribution >= 0.6 is 11.6 Å². The van der Waals surface area contributed by atoms with Crippen molar-refractivity contribution >= 4 is 11.6 Å². The molecule has 1 rings (SSSR count). The quantitative estimate of drug-likeness (QED) is 0.440. The van der Waals surface area contributed by atoms with E-state index >= 15 is 0 Å². The van der Waals surface area contributed by atoms with E-state index in [4.69, 9.17) is 16.7 Å². The van der Waals surface area contributed by atoms with Gasteiger partial charge in [-0.15, -0.1) is 11.6 Å². The van der Waals surface area contributed by atoms with E-state index < -0.39 is 6.10 Å². The van der Waals surface area contributed by atoms with Crippen molar-refractivity contribution in [1.29, 1.82) is 0 Å². The monoisotopic (exact) mass is 146 g/mol. The van der Waals surface area contributed by atoms with Crippen molar-refractivity contribution in [3.05, 3.63) is 12.2 Å². The molecule has 0 aromatic carbocycles. The lowest BCUT2D eigenvalue weighted by Gasteiger charge is -2.12. The molecule has 1 aliphatic carbocycles. The summed E-state index contributed by atoms with van der Waals surface area (Å²) in [4.78, 5) is 0. The summed E-state index contributed by atoms with van der Waals surface area (Å²) in [6.45, 7) is 2.07. The number of hydrogen-bond donors (Lipinski definition) is 1. The summed E-state index contributed by atoms with van der Waals surface area (Å²) in [5, 5.41) is 8.99. The van der Waals surface area contributed by atoms with Gasteiger partial charge in [-0.1, -0.05) is 19.1 Å². The van der Waals surface area contributed by atoms with Gasteiger partial charge < -0.3 is 5.11 Å². The summed E-state index contributed by atoms with van der Waals surface area (Å²) in [7, 11) is 0. The van der Waals surface area contributed by atoms with Crippen molar-refractivity contribution in [2.75, 3.05) is 0 Å². The minimum absolute atomic E-state index is 0.0880. The summed E-state index contributed by atoms with van der Waals surface area (Å²) in [5.41, 5.74) is 0. The molecule has 9 heavy (non-hydrogen) atoms. The van der Waals surface area contributed by atoms with Crippen LogP contribution < -0.4 is 0 Å². The third-order valence-electron chi connectivity index (χ3n) is 1.76. The zero-order valence-electron chi connectivity index (χ0n) is 5.42. The van der Waals surface area contributed by atoms with Crippen LogP contribution in [0.1, 0.15) is 13.3 Å². The minimum atomic E-state index is -0.420. The second-order valence-electron chi connectivity index (χ2n) is 2.39. The zero-order valence-corrected chi connectivity index (χ0v) is 6.17. The van der Waals surface area contributed by atoms with Crippen molar-refractivity contribution < 1.29 is 5.11 Å². The Balaban J connectivity index is 2.51. The first-order valence-electron chi connectivity index (χ1n) is 3.26. The third-order valence-corrected chi connectivity index (χ3v) is 2.34. The van der Waals surface area contributed by atoms with Gasteiger partial charge >= 0.3 is 0 Å². The molecule has 0 aromatic rings. The molecule has 0 aliphatic heterocycles. The molecule has 0 aromatic heterocycles. The molecule has 0 heterocycles. The molecule has 0 saturated carbocycles. The molecule has 3 unspecified atom stereocenters. The molecule has 1 nitrogen and oxygen atoms in total. The fraction of sp³-hybridized carbons (Fsp3) is 0.714. The molecule has 52 valence electrons. The molecule has 3 atom stereocenters. The van der Waals surface area contributed by atoms with Gasteiger partial charge in [0.25, 0.3) is 0 Å².